The van der Waals surface area contributed by atoms with E-state index in [1.807, 2.05) is 0 Å². The summed E-state index contributed by atoms with van der Waals surface area (Å²) in [5, 5.41) is 0. The van der Waals surface area contributed by atoms with Gasteiger partial charge in [-0.15, -0.1) is 13.2 Å². The summed E-state index contributed by atoms with van der Waals surface area (Å²) in [6.07, 6.45) is 5.36. The maximum absolute atomic E-state index is 5.38. The summed E-state index contributed by atoms with van der Waals surface area (Å²) >= 11 is 0. The highest BCUT2D eigenvalue weighted by Crippen LogP contribution is 1.89. The number of hydrogen-bond donors (Lipinski definition) is 0. The van der Waals surface area contributed by atoms with Crippen LogP contribution in [0.3, 0.4) is 0 Å². The Morgan fingerprint density at radius 3 is 1.47 bits per heavy atom. The maximum Gasteiger partial charge on any atom is 0.0644 e. The molecule has 0 bridgehead atoms. The Morgan fingerprint density at radius 2 is 1.07 bits per heavy atom. The minimum Gasteiger partial charge on any atom is -0.381 e. The summed E-state index contributed by atoms with van der Waals surface area (Å²) in [5.74, 6) is 0. The minimum absolute atomic E-state index is 0.620. The molecule has 0 unspecified atom stereocenters. The van der Waals surface area contributed by atoms with E-state index in [4.69, 9.17) is 14.2 Å². The standard InChI is InChI=1S/C12H22O3/c1-3-7-13-9-5-11-15-12-6-10-14-8-4-2/h3-4H,1-2,5-12H2. The molecule has 0 amide bonds. The number of ether oxygens (including phenoxy) is 3. The molecule has 0 heterocycles. The summed E-state index contributed by atoms with van der Waals surface area (Å²) in [6, 6.07) is 0. The van der Waals surface area contributed by atoms with Crippen molar-refractivity contribution in [2.45, 2.75) is 12.8 Å². The maximum atomic E-state index is 5.38. The molecule has 0 aliphatic carbocycles. The molecule has 0 radical (unpaired) electrons. The molecule has 0 aliphatic heterocycles. The van der Waals surface area contributed by atoms with Crippen LogP contribution in [-0.4, -0.2) is 39.6 Å². The van der Waals surface area contributed by atoms with Gasteiger partial charge in [0.25, 0.3) is 0 Å². The van der Waals surface area contributed by atoms with Gasteiger partial charge in [-0.3, -0.25) is 0 Å². The van der Waals surface area contributed by atoms with Gasteiger partial charge in [-0.1, -0.05) is 12.2 Å². The zero-order valence-electron chi connectivity index (χ0n) is 9.45. The topological polar surface area (TPSA) is 27.7 Å². The van der Waals surface area contributed by atoms with Gasteiger partial charge < -0.3 is 14.2 Å². The van der Waals surface area contributed by atoms with Crippen molar-refractivity contribution in [2.24, 2.45) is 0 Å². The van der Waals surface area contributed by atoms with E-state index in [-0.39, 0.29) is 0 Å². The Bertz CT molecular complexity index is 130. The van der Waals surface area contributed by atoms with Crippen molar-refractivity contribution >= 4 is 0 Å². The summed E-state index contributed by atoms with van der Waals surface area (Å²) in [6.45, 7) is 11.3. The summed E-state index contributed by atoms with van der Waals surface area (Å²) in [4.78, 5) is 0. The van der Waals surface area contributed by atoms with Crippen LogP contribution in [0.5, 0.6) is 0 Å². The first-order valence-corrected chi connectivity index (χ1v) is 5.37. The molecule has 0 atom stereocenters. The second kappa shape index (κ2) is 13.4. The number of rotatable bonds is 12. The van der Waals surface area contributed by atoms with Crippen LogP contribution in [0.2, 0.25) is 0 Å². The first kappa shape index (κ1) is 14.4. The van der Waals surface area contributed by atoms with Gasteiger partial charge in [-0.2, -0.15) is 0 Å². The fourth-order valence-corrected chi connectivity index (χ4v) is 0.961. The lowest BCUT2D eigenvalue weighted by Crippen LogP contribution is -2.04. The largest absolute Gasteiger partial charge is 0.381 e. The van der Waals surface area contributed by atoms with Crippen LogP contribution in [-0.2, 0) is 14.2 Å². The first-order valence-electron chi connectivity index (χ1n) is 5.37. The second-order valence-electron chi connectivity index (χ2n) is 3.05. The lowest BCUT2D eigenvalue weighted by Gasteiger charge is -2.04. The fourth-order valence-electron chi connectivity index (χ4n) is 0.961. The van der Waals surface area contributed by atoms with E-state index in [9.17, 15) is 0 Å². The average molecular weight is 214 g/mol. The van der Waals surface area contributed by atoms with Gasteiger partial charge in [0.2, 0.25) is 0 Å². The fraction of sp³-hybridized carbons (Fsp3) is 0.667. The van der Waals surface area contributed by atoms with Crippen molar-refractivity contribution in [2.75, 3.05) is 39.6 Å². The van der Waals surface area contributed by atoms with Crippen LogP contribution in [0.15, 0.2) is 25.3 Å². The monoisotopic (exact) mass is 214 g/mol. The molecule has 0 N–H and O–H groups in total. The predicted molar refractivity (Wildman–Crippen MR) is 62.1 cm³/mol. The van der Waals surface area contributed by atoms with Gasteiger partial charge in [0, 0.05) is 26.4 Å². The van der Waals surface area contributed by atoms with Crippen molar-refractivity contribution in [1.29, 1.82) is 0 Å². The van der Waals surface area contributed by atoms with Crippen LogP contribution >= 0.6 is 0 Å². The normalized spacial score (nSPS) is 10.1. The molecule has 0 spiro atoms. The van der Waals surface area contributed by atoms with Gasteiger partial charge in [0.1, 0.15) is 0 Å². The molecule has 0 aromatic heterocycles. The van der Waals surface area contributed by atoms with Crippen LogP contribution in [0.25, 0.3) is 0 Å². The molecular formula is C12H22O3. The van der Waals surface area contributed by atoms with Crippen LogP contribution in [0.4, 0.5) is 0 Å². The summed E-state index contributed by atoms with van der Waals surface area (Å²) in [7, 11) is 0. The highest BCUT2D eigenvalue weighted by atomic mass is 16.5. The van der Waals surface area contributed by atoms with E-state index in [1.165, 1.54) is 0 Å². The van der Waals surface area contributed by atoms with Crippen molar-refractivity contribution in [3.05, 3.63) is 25.3 Å². The van der Waals surface area contributed by atoms with Crippen molar-refractivity contribution in [3.63, 3.8) is 0 Å². The van der Waals surface area contributed by atoms with Gasteiger partial charge in [0.05, 0.1) is 13.2 Å². The Labute approximate surface area is 92.7 Å². The summed E-state index contributed by atoms with van der Waals surface area (Å²) in [5.41, 5.74) is 0. The van der Waals surface area contributed by atoms with Gasteiger partial charge in [0.15, 0.2) is 0 Å². The molecule has 15 heavy (non-hydrogen) atoms. The van der Waals surface area contributed by atoms with Gasteiger partial charge in [-0.05, 0) is 12.8 Å². The third-order valence-corrected chi connectivity index (χ3v) is 1.63. The Hall–Kier alpha value is -0.640. The Kier molecular flexibility index (Phi) is 12.8. The smallest absolute Gasteiger partial charge is 0.0644 e. The molecule has 0 aromatic rings. The molecule has 0 aliphatic rings. The third-order valence-electron chi connectivity index (χ3n) is 1.63. The van der Waals surface area contributed by atoms with E-state index in [2.05, 4.69) is 13.2 Å². The van der Waals surface area contributed by atoms with E-state index in [0.717, 1.165) is 39.3 Å². The highest BCUT2D eigenvalue weighted by Gasteiger charge is 1.90. The zero-order valence-corrected chi connectivity index (χ0v) is 9.45. The molecular weight excluding hydrogens is 192 g/mol. The van der Waals surface area contributed by atoms with Gasteiger partial charge >= 0.3 is 0 Å². The Balaban J connectivity index is 2.86. The molecule has 3 heteroatoms. The highest BCUT2D eigenvalue weighted by molar-refractivity contribution is 4.64. The van der Waals surface area contributed by atoms with E-state index >= 15 is 0 Å². The molecule has 0 fully saturated rings. The van der Waals surface area contributed by atoms with Crippen LogP contribution < -0.4 is 0 Å². The minimum atomic E-state index is 0.620. The molecule has 0 aromatic carbocycles. The van der Waals surface area contributed by atoms with Crippen LogP contribution in [0.1, 0.15) is 12.8 Å². The lowest BCUT2D eigenvalue weighted by atomic mass is 10.4. The third kappa shape index (κ3) is 13.4. The van der Waals surface area contributed by atoms with E-state index < -0.39 is 0 Å². The van der Waals surface area contributed by atoms with E-state index in [0.29, 0.717) is 13.2 Å². The molecule has 0 rings (SSSR count). The van der Waals surface area contributed by atoms with Crippen molar-refractivity contribution < 1.29 is 14.2 Å². The molecule has 0 saturated carbocycles. The van der Waals surface area contributed by atoms with Crippen molar-refractivity contribution in [3.8, 4) is 0 Å². The molecule has 3 nitrogen and oxygen atoms in total. The summed E-state index contributed by atoms with van der Waals surface area (Å²) < 4.78 is 15.8. The second-order valence-corrected chi connectivity index (χ2v) is 3.05. The molecule has 0 saturated heterocycles. The zero-order chi connectivity index (χ0) is 11.2. The number of hydrogen-bond acceptors (Lipinski definition) is 3. The average Bonchev–Trinajstić information content (AvgIpc) is 2.26. The quantitative estimate of drug-likeness (QED) is 0.368. The van der Waals surface area contributed by atoms with Crippen molar-refractivity contribution in [1.82, 2.24) is 0 Å². The Morgan fingerprint density at radius 1 is 0.667 bits per heavy atom. The SMILES string of the molecule is C=CCOCCCOCCCOCC=C. The first-order chi connectivity index (χ1) is 7.41. The van der Waals surface area contributed by atoms with Gasteiger partial charge in [-0.25, -0.2) is 0 Å². The molecule has 88 valence electrons. The van der Waals surface area contributed by atoms with Crippen LogP contribution in [0, 0.1) is 0 Å². The lowest BCUT2D eigenvalue weighted by molar-refractivity contribution is 0.0737. The predicted octanol–water partition coefficient (Wildman–Crippen LogP) is 2.19. The van der Waals surface area contributed by atoms with E-state index in [1.54, 1.807) is 12.2 Å².